The number of carbonyl (C=O) groups excluding carboxylic acids is 2. The maximum atomic E-state index is 10.7. The van der Waals surface area contributed by atoms with Crippen LogP contribution in [0.1, 0.15) is 40.5 Å². The molecule has 0 fully saturated rings. The van der Waals surface area contributed by atoms with E-state index in [2.05, 4.69) is 24.8 Å². The molecule has 0 radical (unpaired) electrons. The Morgan fingerprint density at radius 1 is 1.33 bits per heavy atom. The lowest BCUT2D eigenvalue weighted by Crippen LogP contribution is -2.07. The molecule has 0 rings (SSSR count). The van der Waals surface area contributed by atoms with Crippen LogP contribution in [-0.4, -0.2) is 24.6 Å². The first-order chi connectivity index (χ1) is 8.34. The van der Waals surface area contributed by atoms with Gasteiger partial charge in [0.25, 0.3) is 0 Å². The van der Waals surface area contributed by atoms with Gasteiger partial charge in [0.15, 0.2) is 0 Å². The second kappa shape index (κ2) is 11.9. The summed E-state index contributed by atoms with van der Waals surface area (Å²) in [6, 6.07) is 0. The maximum Gasteiger partial charge on any atom is 0.333 e. The normalized spacial score (nSPS) is 8.94. The first kappa shape index (κ1) is 18.8. The van der Waals surface area contributed by atoms with E-state index in [4.69, 9.17) is 4.74 Å². The minimum atomic E-state index is -0.361. The Hall–Kier alpha value is -1.58. The van der Waals surface area contributed by atoms with Crippen molar-refractivity contribution >= 4 is 11.9 Å². The standard InChI is InChI=1S/C8H14O2.C6H10O2/c1-4-5-6-10-8(9)7(2)3;1-4-6(7)8-5(2)3/h2,4-6H2,1,3H3;4-5H,1H2,2-3H3. The monoisotopic (exact) mass is 256 g/mol. The SMILES string of the molecule is C=C(C)C(=O)OCCCC.C=CC(=O)OC(C)C. The van der Waals surface area contributed by atoms with Crippen LogP contribution in [0.25, 0.3) is 0 Å². The molecule has 0 heterocycles. The predicted molar refractivity (Wildman–Crippen MR) is 72.1 cm³/mol. The van der Waals surface area contributed by atoms with E-state index in [1.54, 1.807) is 20.8 Å². The Labute approximate surface area is 110 Å². The number of hydrogen-bond donors (Lipinski definition) is 0. The van der Waals surface area contributed by atoms with E-state index in [9.17, 15) is 9.59 Å². The van der Waals surface area contributed by atoms with E-state index in [1.807, 2.05) is 0 Å². The molecule has 0 aromatic carbocycles. The molecular weight excluding hydrogens is 232 g/mol. The lowest BCUT2D eigenvalue weighted by Gasteiger charge is -2.02. The molecule has 0 unspecified atom stereocenters. The molecule has 18 heavy (non-hydrogen) atoms. The maximum absolute atomic E-state index is 10.7. The number of rotatable bonds is 6. The summed E-state index contributed by atoms with van der Waals surface area (Å²) in [6.07, 6.45) is 3.09. The van der Waals surface area contributed by atoms with Gasteiger partial charge in [-0.05, 0) is 27.2 Å². The topological polar surface area (TPSA) is 52.6 Å². The quantitative estimate of drug-likeness (QED) is 0.416. The molecule has 0 aliphatic heterocycles. The minimum Gasteiger partial charge on any atom is -0.462 e. The average Bonchev–Trinajstić information content (AvgIpc) is 2.29. The van der Waals surface area contributed by atoms with Gasteiger partial charge in [-0.25, -0.2) is 9.59 Å². The molecule has 0 aliphatic carbocycles. The highest BCUT2D eigenvalue weighted by Crippen LogP contribution is 1.94. The third kappa shape index (κ3) is 14.4. The van der Waals surface area contributed by atoms with E-state index in [-0.39, 0.29) is 18.0 Å². The van der Waals surface area contributed by atoms with Crippen LogP contribution in [0.2, 0.25) is 0 Å². The largest absolute Gasteiger partial charge is 0.462 e. The van der Waals surface area contributed by atoms with Gasteiger partial charge in [0, 0.05) is 11.6 Å². The Morgan fingerprint density at radius 3 is 2.17 bits per heavy atom. The first-order valence-corrected chi connectivity index (χ1v) is 6.00. The second-order valence-corrected chi connectivity index (χ2v) is 3.96. The Morgan fingerprint density at radius 2 is 1.89 bits per heavy atom. The van der Waals surface area contributed by atoms with Crippen molar-refractivity contribution in [2.45, 2.75) is 46.6 Å². The zero-order chi connectivity index (χ0) is 14.6. The fourth-order valence-corrected chi connectivity index (χ4v) is 0.713. The molecule has 0 aromatic heterocycles. The summed E-state index contributed by atoms with van der Waals surface area (Å²) in [7, 11) is 0. The van der Waals surface area contributed by atoms with Gasteiger partial charge < -0.3 is 9.47 Å². The molecule has 4 nitrogen and oxygen atoms in total. The number of unbranched alkanes of at least 4 members (excludes halogenated alkanes) is 1. The third-order valence-corrected chi connectivity index (χ3v) is 1.60. The highest BCUT2D eigenvalue weighted by molar-refractivity contribution is 5.86. The van der Waals surface area contributed by atoms with Crippen molar-refractivity contribution in [1.82, 2.24) is 0 Å². The molecule has 0 bridgehead atoms. The van der Waals surface area contributed by atoms with Gasteiger partial charge >= 0.3 is 11.9 Å². The number of hydrogen-bond acceptors (Lipinski definition) is 4. The van der Waals surface area contributed by atoms with Crippen molar-refractivity contribution in [3.63, 3.8) is 0 Å². The summed E-state index contributed by atoms with van der Waals surface area (Å²) in [5.74, 6) is -0.645. The zero-order valence-corrected chi connectivity index (χ0v) is 11.8. The van der Waals surface area contributed by atoms with Gasteiger partial charge in [0.1, 0.15) is 0 Å². The lowest BCUT2D eigenvalue weighted by atomic mass is 10.3. The van der Waals surface area contributed by atoms with Gasteiger partial charge in [-0.1, -0.05) is 26.5 Å². The Kier molecular flexibility index (Phi) is 12.4. The summed E-state index contributed by atoms with van der Waals surface area (Å²) >= 11 is 0. The van der Waals surface area contributed by atoms with Crippen molar-refractivity contribution < 1.29 is 19.1 Å². The Balaban J connectivity index is 0. The van der Waals surface area contributed by atoms with Crippen molar-refractivity contribution in [2.24, 2.45) is 0 Å². The van der Waals surface area contributed by atoms with Crippen molar-refractivity contribution in [3.05, 3.63) is 24.8 Å². The van der Waals surface area contributed by atoms with Crippen LogP contribution in [0.5, 0.6) is 0 Å². The summed E-state index contributed by atoms with van der Waals surface area (Å²) in [5, 5.41) is 0. The van der Waals surface area contributed by atoms with Gasteiger partial charge in [-0.15, -0.1) is 0 Å². The third-order valence-electron chi connectivity index (χ3n) is 1.60. The van der Waals surface area contributed by atoms with Crippen LogP contribution in [0.3, 0.4) is 0 Å². The summed E-state index contributed by atoms with van der Waals surface area (Å²) < 4.78 is 9.45. The van der Waals surface area contributed by atoms with Crippen molar-refractivity contribution in [2.75, 3.05) is 6.61 Å². The molecule has 0 saturated carbocycles. The van der Waals surface area contributed by atoms with E-state index in [0.29, 0.717) is 12.2 Å². The van der Waals surface area contributed by atoms with Crippen LogP contribution in [0.15, 0.2) is 24.8 Å². The van der Waals surface area contributed by atoms with E-state index >= 15 is 0 Å². The van der Waals surface area contributed by atoms with Crippen molar-refractivity contribution in [1.29, 1.82) is 0 Å². The molecule has 4 heteroatoms. The summed E-state index contributed by atoms with van der Waals surface area (Å²) in [4.78, 5) is 21.0. The highest BCUT2D eigenvalue weighted by atomic mass is 16.5. The minimum absolute atomic E-state index is 0.0412. The molecule has 0 N–H and O–H groups in total. The summed E-state index contributed by atoms with van der Waals surface area (Å²) in [5.41, 5.74) is 0.469. The number of ether oxygens (including phenoxy) is 2. The van der Waals surface area contributed by atoms with Crippen LogP contribution in [0.4, 0.5) is 0 Å². The van der Waals surface area contributed by atoms with Gasteiger partial charge in [0.05, 0.1) is 12.7 Å². The molecule has 104 valence electrons. The van der Waals surface area contributed by atoms with Crippen LogP contribution in [-0.2, 0) is 19.1 Å². The fourth-order valence-electron chi connectivity index (χ4n) is 0.713. The lowest BCUT2D eigenvalue weighted by molar-refractivity contribution is -0.141. The Bertz CT molecular complexity index is 280. The predicted octanol–water partition coefficient (Wildman–Crippen LogP) is 3.03. The zero-order valence-electron chi connectivity index (χ0n) is 11.8. The van der Waals surface area contributed by atoms with Gasteiger partial charge in [0.2, 0.25) is 0 Å². The second-order valence-electron chi connectivity index (χ2n) is 3.96. The highest BCUT2D eigenvalue weighted by Gasteiger charge is 2.00. The van der Waals surface area contributed by atoms with Crippen LogP contribution < -0.4 is 0 Å². The summed E-state index contributed by atoms with van der Waals surface area (Å²) in [6.45, 7) is 14.5. The fraction of sp³-hybridized carbons (Fsp3) is 0.571. The number of carbonyl (C=O) groups is 2. The first-order valence-electron chi connectivity index (χ1n) is 6.00. The molecule has 0 spiro atoms. The average molecular weight is 256 g/mol. The smallest absolute Gasteiger partial charge is 0.333 e. The van der Waals surface area contributed by atoms with Crippen molar-refractivity contribution in [3.8, 4) is 0 Å². The van der Waals surface area contributed by atoms with E-state index in [1.165, 1.54) is 0 Å². The molecule has 0 amide bonds. The van der Waals surface area contributed by atoms with E-state index in [0.717, 1.165) is 18.9 Å². The van der Waals surface area contributed by atoms with Gasteiger partial charge in [-0.3, -0.25) is 0 Å². The van der Waals surface area contributed by atoms with Crippen LogP contribution >= 0.6 is 0 Å². The van der Waals surface area contributed by atoms with E-state index < -0.39 is 0 Å². The molecule has 0 aromatic rings. The number of esters is 2. The molecular formula is C14H24O4. The molecule has 0 aliphatic rings. The molecule has 0 saturated heterocycles. The molecule has 0 atom stereocenters. The van der Waals surface area contributed by atoms with Crippen LogP contribution in [0, 0.1) is 0 Å². The van der Waals surface area contributed by atoms with Gasteiger partial charge in [-0.2, -0.15) is 0 Å².